The number of aryl methyl sites for hydroxylation is 2. The maximum absolute atomic E-state index is 14.1. The first kappa shape index (κ1) is 34.8. The lowest BCUT2D eigenvalue weighted by Gasteiger charge is -2.35. The van der Waals surface area contributed by atoms with Crippen LogP contribution in [0.25, 0.3) is 0 Å². The number of carbonyl (C=O) groups is 1. The van der Waals surface area contributed by atoms with E-state index in [0.717, 1.165) is 12.7 Å². The topological polar surface area (TPSA) is 169 Å². The van der Waals surface area contributed by atoms with Gasteiger partial charge in [-0.15, -0.1) is 0 Å². The van der Waals surface area contributed by atoms with Gasteiger partial charge in [0.2, 0.25) is 20.0 Å². The van der Waals surface area contributed by atoms with E-state index in [0.29, 0.717) is 25.2 Å². The smallest absolute Gasteiger partial charge is 0.258 e. The molecule has 1 amide bonds. The number of hydrogen-bond donors (Lipinski definition) is 2. The number of carbonyl (C=O) groups excluding carboxylic acids is 1. The summed E-state index contributed by atoms with van der Waals surface area (Å²) in [6, 6.07) is 3.90. The van der Waals surface area contributed by atoms with Gasteiger partial charge in [0.1, 0.15) is 16.3 Å². The fourth-order valence-electron chi connectivity index (χ4n) is 5.01. The second kappa shape index (κ2) is 14.4. The van der Waals surface area contributed by atoms with Crippen molar-refractivity contribution < 1.29 is 40.7 Å². The Morgan fingerprint density at radius 1 is 1.19 bits per heavy atom. The number of anilines is 1. The normalized spacial score (nSPS) is 22.0. The summed E-state index contributed by atoms with van der Waals surface area (Å²) in [4.78, 5) is 15.6. The summed E-state index contributed by atoms with van der Waals surface area (Å²) in [5.41, 5.74) is 0.599. The van der Waals surface area contributed by atoms with Crippen LogP contribution in [0, 0.1) is 19.8 Å². The minimum absolute atomic E-state index is 0.00161. The predicted octanol–water partition coefficient (Wildman–Crippen LogP) is 2.78. The van der Waals surface area contributed by atoms with E-state index in [1.807, 2.05) is 13.8 Å². The Bertz CT molecular complexity index is 1460. The Kier molecular flexibility index (Phi) is 11.6. The molecule has 0 radical (unpaired) electrons. The number of sulfonamides is 2. The van der Waals surface area contributed by atoms with Crippen LogP contribution < -0.4 is 9.46 Å². The molecule has 0 unspecified atom stereocenters. The number of aliphatic hydroxyl groups is 1. The first-order valence-electron chi connectivity index (χ1n) is 14.3. The maximum Gasteiger partial charge on any atom is 0.258 e. The van der Waals surface area contributed by atoms with Crippen molar-refractivity contribution in [3.8, 4) is 5.75 Å². The third-order valence-electron chi connectivity index (χ3n) is 7.43. The minimum atomic E-state index is -3.95. The molecule has 3 rings (SSSR count). The van der Waals surface area contributed by atoms with Crippen molar-refractivity contribution in [3.05, 3.63) is 35.2 Å². The molecule has 13 nitrogen and oxygen atoms in total. The van der Waals surface area contributed by atoms with Crippen molar-refractivity contribution in [1.82, 2.24) is 14.4 Å². The van der Waals surface area contributed by atoms with Crippen LogP contribution in [0.2, 0.25) is 0 Å². The molecule has 1 aromatic carbocycles. The molecule has 2 aromatic rings. The minimum Gasteiger partial charge on any atom is -0.490 e. The molecule has 15 heteroatoms. The van der Waals surface area contributed by atoms with Crippen molar-refractivity contribution in [2.24, 2.45) is 5.92 Å². The zero-order chi connectivity index (χ0) is 32.1. The lowest BCUT2D eigenvalue weighted by molar-refractivity contribution is -0.00835. The lowest BCUT2D eigenvalue weighted by Crippen LogP contribution is -2.48. The summed E-state index contributed by atoms with van der Waals surface area (Å²) in [5.74, 6) is -0.351. The van der Waals surface area contributed by atoms with E-state index in [-0.39, 0.29) is 59.3 Å². The highest BCUT2D eigenvalue weighted by Crippen LogP contribution is 2.29. The zero-order valence-corrected chi connectivity index (χ0v) is 27.5. The van der Waals surface area contributed by atoms with Crippen LogP contribution in [0.1, 0.15) is 61.8 Å². The zero-order valence-electron chi connectivity index (χ0n) is 25.9. The summed E-state index contributed by atoms with van der Waals surface area (Å²) in [6.07, 6.45) is 2.29. The highest BCUT2D eigenvalue weighted by Gasteiger charge is 2.34. The van der Waals surface area contributed by atoms with Crippen LogP contribution >= 0.6 is 0 Å². The van der Waals surface area contributed by atoms with Gasteiger partial charge in [0.15, 0.2) is 5.76 Å². The summed E-state index contributed by atoms with van der Waals surface area (Å²) in [6.45, 7) is 8.71. The fourth-order valence-corrected chi connectivity index (χ4v) is 7.03. The third kappa shape index (κ3) is 8.91. The molecule has 242 valence electrons. The highest BCUT2D eigenvalue weighted by atomic mass is 32.2. The lowest BCUT2D eigenvalue weighted by atomic mass is 10.0. The number of hydrogen-bond acceptors (Lipinski definition) is 10. The van der Waals surface area contributed by atoms with E-state index in [4.69, 9.17) is 14.0 Å². The standard InChI is InChI=1S/C28H44N4O9S2/c1-18-15-32(19(2)17-33)28(34)24-14-23(30-42(7,35)36)11-12-25(24)40-20(3)10-8-9-13-39-26(18)16-31(6)43(37,38)27-21(4)29-41-22(27)5/h11-12,14,18-20,26,30,33H,8-10,13,15-17H2,1-7H3/t18-,19+,20-,26-/m0/s1. The Morgan fingerprint density at radius 3 is 2.49 bits per heavy atom. The second-order valence-electron chi connectivity index (χ2n) is 11.3. The summed E-state index contributed by atoms with van der Waals surface area (Å²) in [7, 11) is -6.10. The highest BCUT2D eigenvalue weighted by molar-refractivity contribution is 7.92. The number of aliphatic hydroxyl groups excluding tert-OH is 1. The number of amides is 1. The molecule has 1 aliphatic rings. The number of rotatable bonds is 8. The predicted molar refractivity (Wildman–Crippen MR) is 161 cm³/mol. The Morgan fingerprint density at radius 2 is 1.88 bits per heavy atom. The first-order valence-corrected chi connectivity index (χ1v) is 17.6. The van der Waals surface area contributed by atoms with E-state index in [2.05, 4.69) is 9.88 Å². The molecule has 0 saturated heterocycles. The van der Waals surface area contributed by atoms with E-state index < -0.39 is 38.1 Å². The van der Waals surface area contributed by atoms with E-state index >= 15 is 0 Å². The van der Waals surface area contributed by atoms with Gasteiger partial charge in [-0.1, -0.05) is 12.1 Å². The van der Waals surface area contributed by atoms with Crippen molar-refractivity contribution in [3.63, 3.8) is 0 Å². The van der Waals surface area contributed by atoms with Crippen molar-refractivity contribution in [2.75, 3.05) is 44.3 Å². The molecule has 2 heterocycles. The average molecular weight is 645 g/mol. The molecular formula is C28H44N4O9S2. The van der Waals surface area contributed by atoms with Crippen molar-refractivity contribution in [2.45, 2.75) is 77.0 Å². The molecule has 0 aliphatic carbocycles. The van der Waals surface area contributed by atoms with Crippen molar-refractivity contribution >= 4 is 31.6 Å². The number of nitrogens with zero attached hydrogens (tertiary/aromatic N) is 3. The van der Waals surface area contributed by atoms with Gasteiger partial charge in [-0.05, 0) is 65.2 Å². The molecular weight excluding hydrogens is 600 g/mol. The van der Waals surface area contributed by atoms with Crippen LogP contribution in [0.15, 0.2) is 27.6 Å². The van der Waals surface area contributed by atoms with E-state index in [9.17, 15) is 26.7 Å². The summed E-state index contributed by atoms with van der Waals surface area (Å²) >= 11 is 0. The number of benzene rings is 1. The van der Waals surface area contributed by atoms with Gasteiger partial charge < -0.3 is 24.0 Å². The number of fused-ring (bicyclic) bond motifs is 1. The van der Waals surface area contributed by atoms with Gasteiger partial charge in [0, 0.05) is 38.3 Å². The van der Waals surface area contributed by atoms with Crippen LogP contribution in [0.4, 0.5) is 5.69 Å². The largest absolute Gasteiger partial charge is 0.490 e. The van der Waals surface area contributed by atoms with Crippen LogP contribution in [-0.2, 0) is 24.8 Å². The number of nitrogens with one attached hydrogen (secondary N) is 1. The molecule has 1 aromatic heterocycles. The Labute approximate surface area is 254 Å². The SMILES string of the molecule is Cc1noc(C)c1S(=O)(=O)N(C)C[C@@H]1OCCCC[C@H](C)Oc2ccc(NS(C)(=O)=O)cc2C(=O)N([C@H](C)CO)C[C@@H]1C. The third-order valence-corrected chi connectivity index (χ3v) is 10.1. The molecule has 0 saturated carbocycles. The average Bonchev–Trinajstić information content (AvgIpc) is 3.27. The summed E-state index contributed by atoms with van der Waals surface area (Å²) in [5, 5.41) is 13.9. The Balaban J connectivity index is 2.00. The molecule has 1 aliphatic heterocycles. The monoisotopic (exact) mass is 644 g/mol. The molecule has 4 atom stereocenters. The molecule has 0 fully saturated rings. The number of ether oxygens (including phenoxy) is 2. The van der Waals surface area contributed by atoms with E-state index in [1.165, 1.54) is 28.4 Å². The molecule has 0 bridgehead atoms. The first-order chi connectivity index (χ1) is 20.0. The quantitative estimate of drug-likeness (QED) is 0.436. The molecule has 0 spiro atoms. The van der Waals surface area contributed by atoms with Crippen molar-refractivity contribution in [1.29, 1.82) is 0 Å². The van der Waals surface area contributed by atoms with Gasteiger partial charge >= 0.3 is 0 Å². The van der Waals surface area contributed by atoms with Gasteiger partial charge in [0.25, 0.3) is 5.91 Å². The van der Waals surface area contributed by atoms with Gasteiger partial charge in [0.05, 0.1) is 36.7 Å². The van der Waals surface area contributed by atoms with Gasteiger partial charge in [-0.25, -0.2) is 16.8 Å². The summed E-state index contributed by atoms with van der Waals surface area (Å²) < 4.78 is 71.8. The molecule has 43 heavy (non-hydrogen) atoms. The number of aromatic nitrogens is 1. The van der Waals surface area contributed by atoms with Gasteiger partial charge in [-0.3, -0.25) is 9.52 Å². The van der Waals surface area contributed by atoms with E-state index in [1.54, 1.807) is 26.8 Å². The second-order valence-corrected chi connectivity index (χ2v) is 15.1. The number of likely N-dealkylation sites (N-methyl/N-ethyl adjacent to an activating group) is 1. The molecule has 2 N–H and O–H groups in total. The van der Waals surface area contributed by atoms with Gasteiger partial charge in [-0.2, -0.15) is 4.31 Å². The Hall–Kier alpha value is -2.72. The maximum atomic E-state index is 14.1. The van der Waals surface area contributed by atoms with Crippen LogP contribution in [-0.4, -0.2) is 100 Å². The fraction of sp³-hybridized carbons (Fsp3) is 0.643. The van der Waals surface area contributed by atoms with Crippen LogP contribution in [0.3, 0.4) is 0 Å². The van der Waals surface area contributed by atoms with Crippen LogP contribution in [0.5, 0.6) is 5.75 Å².